The molecule has 5 nitrogen and oxygen atoms in total. The lowest BCUT2D eigenvalue weighted by atomic mass is 9.64. The van der Waals surface area contributed by atoms with Crippen molar-refractivity contribution in [1.29, 1.82) is 0 Å². The summed E-state index contributed by atoms with van der Waals surface area (Å²) in [4.78, 5) is 0. The molecule has 85 heavy (non-hydrogen) atoms. The fourth-order valence-corrected chi connectivity index (χ4v) is 12.0. The third kappa shape index (κ3) is 13.5. The standard InChI is InChI=1S/C80H95N3O2/c1-73(2,3)56-20-32-62(33-21-56)79(63-34-22-57(23-35-63)74(4,5)6,64-36-24-58(25-37-64)75(7,8)9)68-44-48-71(49-45-68)84-53-19-52-83-54-70(81-82-83)55-85-72-50-46-69(47-51-72)80(65-38-26-59(27-39-65)76(10,11)12,66-40-28-60(29-41-66)77(13,14)15)67-42-30-61(31-43-67)78(16,17)18/h20-51,54H,19,52-53,55H2,1-18H3. The van der Waals surface area contributed by atoms with Crippen LogP contribution in [0.4, 0.5) is 0 Å². The second-order valence-electron chi connectivity index (χ2n) is 30.0. The minimum Gasteiger partial charge on any atom is -0.494 e. The summed E-state index contributed by atoms with van der Waals surface area (Å²) in [6.45, 7) is 42.5. The number of hydrogen-bond acceptors (Lipinski definition) is 4. The Kier molecular flexibility index (Phi) is 17.3. The molecular formula is C80H95N3O2. The van der Waals surface area contributed by atoms with Crippen LogP contribution in [-0.2, 0) is 56.5 Å². The Hall–Kier alpha value is -7.50. The molecule has 442 valence electrons. The number of rotatable bonds is 16. The molecule has 5 heteroatoms. The van der Waals surface area contributed by atoms with E-state index in [1.54, 1.807) is 0 Å². The fourth-order valence-electron chi connectivity index (χ4n) is 12.0. The van der Waals surface area contributed by atoms with Gasteiger partial charge in [-0.2, -0.15) is 0 Å². The van der Waals surface area contributed by atoms with Gasteiger partial charge in [-0.05, 0) is 135 Å². The van der Waals surface area contributed by atoms with Crippen molar-refractivity contribution in [3.8, 4) is 11.5 Å². The van der Waals surface area contributed by atoms with Crippen LogP contribution in [0, 0.1) is 0 Å². The van der Waals surface area contributed by atoms with Crippen molar-refractivity contribution in [2.45, 2.75) is 188 Å². The van der Waals surface area contributed by atoms with Crippen molar-refractivity contribution < 1.29 is 9.47 Å². The molecule has 0 saturated carbocycles. The Morgan fingerprint density at radius 1 is 0.282 bits per heavy atom. The highest BCUT2D eigenvalue weighted by molar-refractivity contribution is 5.63. The average molecular weight is 1130 g/mol. The lowest BCUT2D eigenvalue weighted by molar-refractivity contribution is 0.297. The molecule has 0 aliphatic heterocycles. The van der Waals surface area contributed by atoms with Crippen LogP contribution in [0.1, 0.15) is 215 Å². The van der Waals surface area contributed by atoms with E-state index in [2.05, 4.69) is 329 Å². The summed E-state index contributed by atoms with van der Waals surface area (Å²) in [5, 5.41) is 9.02. The van der Waals surface area contributed by atoms with E-state index in [1.165, 1.54) is 77.9 Å². The quantitative estimate of drug-likeness (QED) is 0.0715. The van der Waals surface area contributed by atoms with Gasteiger partial charge < -0.3 is 9.47 Å². The van der Waals surface area contributed by atoms with Gasteiger partial charge in [-0.25, -0.2) is 0 Å². The molecule has 0 aliphatic carbocycles. The summed E-state index contributed by atoms with van der Waals surface area (Å²) in [6.07, 6.45) is 2.74. The first kappa shape index (κ1) is 62.0. The average Bonchev–Trinajstić information content (AvgIpc) is 1.00. The minimum absolute atomic E-state index is 0.0234. The predicted octanol–water partition coefficient (Wildman–Crippen LogP) is 19.9. The highest BCUT2D eigenvalue weighted by atomic mass is 16.5. The lowest BCUT2D eigenvalue weighted by Crippen LogP contribution is -2.31. The highest BCUT2D eigenvalue weighted by Crippen LogP contribution is 2.49. The molecule has 0 radical (unpaired) electrons. The van der Waals surface area contributed by atoms with Crippen LogP contribution < -0.4 is 9.47 Å². The van der Waals surface area contributed by atoms with Gasteiger partial charge in [0.1, 0.15) is 23.8 Å². The van der Waals surface area contributed by atoms with Crippen LogP contribution in [0.3, 0.4) is 0 Å². The molecule has 9 rings (SSSR count). The maximum Gasteiger partial charge on any atom is 0.134 e. The second-order valence-corrected chi connectivity index (χ2v) is 30.0. The molecule has 0 fully saturated rings. The third-order valence-electron chi connectivity index (χ3n) is 17.5. The molecule has 0 unspecified atom stereocenters. The Morgan fingerprint density at radius 3 is 0.729 bits per heavy atom. The Labute approximate surface area is 511 Å². The van der Waals surface area contributed by atoms with Gasteiger partial charge in [-0.3, -0.25) is 4.68 Å². The van der Waals surface area contributed by atoms with Gasteiger partial charge in [0.15, 0.2) is 0 Å². The summed E-state index contributed by atoms with van der Waals surface area (Å²) in [5.41, 5.74) is 17.2. The molecule has 0 bridgehead atoms. The van der Waals surface area contributed by atoms with E-state index in [4.69, 9.17) is 9.47 Å². The number of ether oxygens (including phenoxy) is 2. The molecule has 0 saturated heterocycles. The third-order valence-corrected chi connectivity index (χ3v) is 17.5. The molecule has 9 aromatic rings. The van der Waals surface area contributed by atoms with E-state index in [9.17, 15) is 0 Å². The summed E-state index contributed by atoms with van der Waals surface area (Å²) < 4.78 is 14.8. The zero-order valence-electron chi connectivity index (χ0n) is 54.5. The lowest BCUT2D eigenvalue weighted by Gasteiger charge is -2.38. The Balaban J connectivity index is 0.925. The Bertz CT molecular complexity index is 3340. The molecule has 0 amide bonds. The van der Waals surface area contributed by atoms with Crippen LogP contribution in [0.2, 0.25) is 0 Å². The summed E-state index contributed by atoms with van der Waals surface area (Å²) in [6, 6.07) is 73.4. The second kappa shape index (κ2) is 23.8. The number of nitrogens with zero attached hydrogens (tertiary/aromatic N) is 3. The van der Waals surface area contributed by atoms with Gasteiger partial charge in [0, 0.05) is 13.0 Å². The molecule has 1 heterocycles. The van der Waals surface area contributed by atoms with Crippen LogP contribution in [-0.4, -0.2) is 21.6 Å². The van der Waals surface area contributed by atoms with Gasteiger partial charge in [-0.1, -0.05) is 300 Å². The summed E-state index contributed by atoms with van der Waals surface area (Å²) in [7, 11) is 0. The first-order chi connectivity index (χ1) is 39.9. The van der Waals surface area contributed by atoms with E-state index < -0.39 is 10.8 Å². The van der Waals surface area contributed by atoms with Gasteiger partial charge in [0.05, 0.1) is 23.6 Å². The van der Waals surface area contributed by atoms with Crippen LogP contribution in [0.5, 0.6) is 11.5 Å². The summed E-state index contributed by atoms with van der Waals surface area (Å²) >= 11 is 0. The van der Waals surface area contributed by atoms with Crippen LogP contribution >= 0.6 is 0 Å². The normalized spacial score (nSPS) is 13.0. The molecular weight excluding hydrogens is 1030 g/mol. The van der Waals surface area contributed by atoms with Gasteiger partial charge in [-0.15, -0.1) is 5.10 Å². The summed E-state index contributed by atoms with van der Waals surface area (Å²) in [5.74, 6) is 1.60. The number of hydrogen-bond donors (Lipinski definition) is 0. The molecule has 0 atom stereocenters. The highest BCUT2D eigenvalue weighted by Gasteiger charge is 2.41. The van der Waals surface area contributed by atoms with Crippen molar-refractivity contribution in [2.24, 2.45) is 0 Å². The van der Waals surface area contributed by atoms with Crippen molar-refractivity contribution in [3.05, 3.63) is 284 Å². The van der Waals surface area contributed by atoms with Crippen LogP contribution in [0.25, 0.3) is 0 Å². The predicted molar refractivity (Wildman–Crippen MR) is 356 cm³/mol. The first-order valence-electron chi connectivity index (χ1n) is 30.9. The Morgan fingerprint density at radius 2 is 0.494 bits per heavy atom. The number of aromatic nitrogens is 3. The van der Waals surface area contributed by atoms with Crippen molar-refractivity contribution in [2.75, 3.05) is 6.61 Å². The van der Waals surface area contributed by atoms with E-state index in [0.717, 1.165) is 23.6 Å². The molecule has 0 N–H and O–H groups in total. The smallest absolute Gasteiger partial charge is 0.134 e. The van der Waals surface area contributed by atoms with E-state index in [1.807, 2.05) is 10.9 Å². The minimum atomic E-state index is -0.609. The topological polar surface area (TPSA) is 49.2 Å². The van der Waals surface area contributed by atoms with E-state index in [-0.39, 0.29) is 32.5 Å². The zero-order valence-corrected chi connectivity index (χ0v) is 54.5. The molecule has 1 aromatic heterocycles. The molecule has 8 aromatic carbocycles. The molecule has 0 aliphatic rings. The van der Waals surface area contributed by atoms with Gasteiger partial charge in [0.2, 0.25) is 0 Å². The maximum atomic E-state index is 6.47. The number of aryl methyl sites for hydroxylation is 1. The largest absolute Gasteiger partial charge is 0.494 e. The van der Waals surface area contributed by atoms with Crippen molar-refractivity contribution >= 4 is 0 Å². The molecule has 0 spiro atoms. The van der Waals surface area contributed by atoms with E-state index >= 15 is 0 Å². The number of benzene rings is 8. The van der Waals surface area contributed by atoms with Crippen LogP contribution in [0.15, 0.2) is 200 Å². The van der Waals surface area contributed by atoms with Crippen molar-refractivity contribution in [1.82, 2.24) is 15.0 Å². The van der Waals surface area contributed by atoms with Gasteiger partial charge >= 0.3 is 0 Å². The monoisotopic (exact) mass is 1130 g/mol. The van der Waals surface area contributed by atoms with E-state index in [0.29, 0.717) is 19.8 Å². The maximum absolute atomic E-state index is 6.47. The fraction of sp³-hybridized carbons (Fsp3) is 0.375. The SMILES string of the molecule is CC(C)(C)c1ccc(C(c2ccc(OCCCn3cc(COc4ccc(C(c5ccc(C(C)(C)C)cc5)(c5ccc(C(C)(C)C)cc5)c5ccc(C(C)(C)C)cc5)cc4)nn3)cc2)(c2ccc(C(C)(C)C)cc2)c2ccc(C(C)(C)C)cc2)cc1. The zero-order chi connectivity index (χ0) is 61.4. The van der Waals surface area contributed by atoms with Crippen molar-refractivity contribution in [3.63, 3.8) is 0 Å². The first-order valence-corrected chi connectivity index (χ1v) is 30.9. The van der Waals surface area contributed by atoms with Gasteiger partial charge in [0.25, 0.3) is 0 Å².